The second kappa shape index (κ2) is 6.67. The normalized spacial score (nSPS) is 11.9. The van der Waals surface area contributed by atoms with Gasteiger partial charge >= 0.3 is 0 Å². The zero-order valence-electron chi connectivity index (χ0n) is 13.7. The van der Waals surface area contributed by atoms with Gasteiger partial charge in [0.2, 0.25) is 0 Å². The number of thiazole rings is 1. The summed E-state index contributed by atoms with van der Waals surface area (Å²) in [5, 5.41) is 4.61. The number of pyridine rings is 1. The van der Waals surface area contributed by atoms with Crippen LogP contribution in [0, 0.1) is 0 Å². The minimum atomic E-state index is 0.120. The van der Waals surface area contributed by atoms with E-state index in [1.165, 1.54) is 16.1 Å². The van der Waals surface area contributed by atoms with Gasteiger partial charge in [-0.1, -0.05) is 19.9 Å². The molecule has 4 heteroatoms. The largest absolute Gasteiger partial charge is 0.307 e. The van der Waals surface area contributed by atoms with Gasteiger partial charge in [-0.25, -0.2) is 4.98 Å². The summed E-state index contributed by atoms with van der Waals surface area (Å²) < 4.78 is 0. The van der Waals surface area contributed by atoms with Crippen LogP contribution in [0.4, 0.5) is 0 Å². The van der Waals surface area contributed by atoms with E-state index in [9.17, 15) is 0 Å². The van der Waals surface area contributed by atoms with Crippen LogP contribution in [0.5, 0.6) is 0 Å². The second-order valence-electron chi connectivity index (χ2n) is 6.21. The molecule has 2 rings (SSSR count). The number of hydrogen-bond donors (Lipinski definition) is 1. The topological polar surface area (TPSA) is 37.8 Å². The molecular formula is C17H25N3S. The summed E-state index contributed by atoms with van der Waals surface area (Å²) in [4.78, 5) is 10.7. The first-order chi connectivity index (χ1) is 9.94. The van der Waals surface area contributed by atoms with E-state index >= 15 is 0 Å². The zero-order chi connectivity index (χ0) is 15.5. The molecular weight excluding hydrogens is 278 g/mol. The number of aromatic nitrogens is 2. The van der Waals surface area contributed by atoms with Crippen molar-refractivity contribution in [2.75, 3.05) is 0 Å². The Morgan fingerprint density at radius 2 is 1.95 bits per heavy atom. The van der Waals surface area contributed by atoms with Gasteiger partial charge in [-0.05, 0) is 45.2 Å². The molecule has 0 fully saturated rings. The summed E-state index contributed by atoms with van der Waals surface area (Å²) in [6, 6.07) is 4.14. The minimum absolute atomic E-state index is 0.120. The fourth-order valence-corrected chi connectivity index (χ4v) is 3.28. The van der Waals surface area contributed by atoms with Crippen molar-refractivity contribution >= 4 is 11.3 Å². The van der Waals surface area contributed by atoms with Crippen molar-refractivity contribution in [3.63, 3.8) is 0 Å². The lowest BCUT2D eigenvalue weighted by Gasteiger charge is -2.20. The van der Waals surface area contributed by atoms with E-state index in [0.717, 1.165) is 30.1 Å². The van der Waals surface area contributed by atoms with Crippen molar-refractivity contribution in [1.29, 1.82) is 0 Å². The average Bonchev–Trinajstić information content (AvgIpc) is 2.87. The van der Waals surface area contributed by atoms with Gasteiger partial charge in [0.1, 0.15) is 10.7 Å². The summed E-state index contributed by atoms with van der Waals surface area (Å²) in [7, 11) is 0. The average molecular weight is 303 g/mol. The van der Waals surface area contributed by atoms with E-state index in [1.54, 1.807) is 11.3 Å². The number of aryl methyl sites for hydroxylation is 2. The maximum absolute atomic E-state index is 4.82. The Balaban J connectivity index is 2.32. The van der Waals surface area contributed by atoms with Gasteiger partial charge in [-0.2, -0.15) is 0 Å². The molecule has 0 aromatic carbocycles. The fourth-order valence-electron chi connectivity index (χ4n) is 2.16. The van der Waals surface area contributed by atoms with Gasteiger partial charge in [0.25, 0.3) is 0 Å². The van der Waals surface area contributed by atoms with Crippen molar-refractivity contribution in [1.82, 2.24) is 15.3 Å². The van der Waals surface area contributed by atoms with Crippen LogP contribution in [0.3, 0.4) is 0 Å². The second-order valence-corrected chi connectivity index (χ2v) is 7.29. The lowest BCUT2D eigenvalue weighted by molar-refractivity contribution is 0.425. The number of rotatable bonds is 5. The Hall–Kier alpha value is -1.26. The molecule has 0 bridgehead atoms. The predicted molar refractivity (Wildman–Crippen MR) is 90.7 cm³/mol. The summed E-state index contributed by atoms with van der Waals surface area (Å²) >= 11 is 1.77. The molecule has 2 aromatic heterocycles. The summed E-state index contributed by atoms with van der Waals surface area (Å²) in [5.74, 6) is 0. The van der Waals surface area contributed by atoms with E-state index in [4.69, 9.17) is 4.98 Å². The third-order valence-corrected chi connectivity index (χ3v) is 4.47. The molecule has 0 spiro atoms. The van der Waals surface area contributed by atoms with Crippen molar-refractivity contribution in [3.05, 3.63) is 34.5 Å². The van der Waals surface area contributed by atoms with Crippen molar-refractivity contribution in [2.45, 2.75) is 59.5 Å². The van der Waals surface area contributed by atoms with Crippen molar-refractivity contribution in [2.24, 2.45) is 0 Å². The summed E-state index contributed by atoms with van der Waals surface area (Å²) in [6.45, 7) is 11.8. The van der Waals surface area contributed by atoms with Gasteiger partial charge < -0.3 is 5.32 Å². The van der Waals surface area contributed by atoms with E-state index in [-0.39, 0.29) is 5.54 Å². The highest BCUT2D eigenvalue weighted by atomic mass is 32.1. The van der Waals surface area contributed by atoms with Crippen molar-refractivity contribution in [3.8, 4) is 10.7 Å². The molecule has 2 aromatic rings. The Morgan fingerprint density at radius 1 is 1.19 bits per heavy atom. The number of nitrogens with zero attached hydrogens (tertiary/aromatic N) is 2. The first-order valence-electron chi connectivity index (χ1n) is 7.62. The molecule has 3 nitrogen and oxygen atoms in total. The Morgan fingerprint density at radius 3 is 2.57 bits per heavy atom. The number of nitrogens with one attached hydrogen (secondary N) is 1. The van der Waals surface area contributed by atoms with Gasteiger partial charge in [-0.15, -0.1) is 11.3 Å². The quantitative estimate of drug-likeness (QED) is 0.898. The molecule has 0 aliphatic carbocycles. The fraction of sp³-hybridized carbons (Fsp3) is 0.529. The molecule has 21 heavy (non-hydrogen) atoms. The van der Waals surface area contributed by atoms with Crippen LogP contribution in [-0.4, -0.2) is 15.5 Å². The molecule has 0 saturated carbocycles. The monoisotopic (exact) mass is 303 g/mol. The predicted octanol–water partition coefficient (Wildman–Crippen LogP) is 4.22. The van der Waals surface area contributed by atoms with Crippen LogP contribution in [0.25, 0.3) is 10.7 Å². The molecule has 0 radical (unpaired) electrons. The molecule has 0 aliphatic heterocycles. The smallest absolute Gasteiger partial charge is 0.142 e. The SMILES string of the molecule is CCc1cccnc1-c1nc(CC)c(CNC(C)(C)C)s1. The third-order valence-electron chi connectivity index (χ3n) is 3.37. The molecule has 2 heterocycles. The lowest BCUT2D eigenvalue weighted by atomic mass is 10.1. The van der Waals surface area contributed by atoms with E-state index in [0.29, 0.717) is 0 Å². The van der Waals surface area contributed by atoms with Gasteiger partial charge in [0.05, 0.1) is 5.69 Å². The first-order valence-corrected chi connectivity index (χ1v) is 8.44. The Bertz CT molecular complexity index is 596. The van der Waals surface area contributed by atoms with Crippen LogP contribution >= 0.6 is 11.3 Å². The third kappa shape index (κ3) is 4.11. The van der Waals surface area contributed by atoms with Crippen LogP contribution in [0.15, 0.2) is 18.3 Å². The summed E-state index contributed by atoms with van der Waals surface area (Å²) in [5.41, 5.74) is 3.62. The van der Waals surface area contributed by atoms with E-state index in [1.807, 2.05) is 12.3 Å². The molecule has 0 saturated heterocycles. The van der Waals surface area contributed by atoms with Crippen LogP contribution in [0.2, 0.25) is 0 Å². The minimum Gasteiger partial charge on any atom is -0.307 e. The maximum atomic E-state index is 4.82. The van der Waals surface area contributed by atoms with Crippen molar-refractivity contribution < 1.29 is 0 Å². The molecule has 114 valence electrons. The van der Waals surface area contributed by atoms with E-state index in [2.05, 4.69) is 51.0 Å². The molecule has 0 amide bonds. The highest BCUT2D eigenvalue weighted by Crippen LogP contribution is 2.29. The van der Waals surface area contributed by atoms with Crippen LogP contribution in [-0.2, 0) is 19.4 Å². The molecule has 0 unspecified atom stereocenters. The maximum Gasteiger partial charge on any atom is 0.142 e. The highest BCUT2D eigenvalue weighted by Gasteiger charge is 2.16. The zero-order valence-corrected chi connectivity index (χ0v) is 14.5. The summed E-state index contributed by atoms with van der Waals surface area (Å²) in [6.07, 6.45) is 3.81. The van der Waals surface area contributed by atoms with Gasteiger partial charge in [-0.3, -0.25) is 4.98 Å². The molecule has 0 atom stereocenters. The van der Waals surface area contributed by atoms with E-state index < -0.39 is 0 Å². The van der Waals surface area contributed by atoms with Crippen LogP contribution < -0.4 is 5.32 Å². The van der Waals surface area contributed by atoms with Gasteiger partial charge in [0.15, 0.2) is 0 Å². The van der Waals surface area contributed by atoms with Gasteiger partial charge in [0, 0.05) is 23.2 Å². The Labute approximate surface area is 131 Å². The number of hydrogen-bond acceptors (Lipinski definition) is 4. The molecule has 0 aliphatic rings. The molecule has 1 N–H and O–H groups in total. The standard InChI is InChI=1S/C17H25N3S/c1-6-12-9-8-10-18-15(12)16-20-13(7-2)14(21-16)11-19-17(3,4)5/h8-10,19H,6-7,11H2,1-5H3. The Kier molecular flexibility index (Phi) is 5.12. The lowest BCUT2D eigenvalue weighted by Crippen LogP contribution is -2.35. The highest BCUT2D eigenvalue weighted by molar-refractivity contribution is 7.15. The first kappa shape index (κ1) is 16.1. The van der Waals surface area contributed by atoms with Crippen LogP contribution in [0.1, 0.15) is 50.8 Å².